The molecule has 0 radical (unpaired) electrons. The van der Waals surface area contributed by atoms with Gasteiger partial charge in [-0.05, 0) is 19.1 Å². The van der Waals surface area contributed by atoms with E-state index in [2.05, 4.69) is 10.3 Å². The molecule has 0 spiro atoms. The largest absolute Gasteiger partial charge is 0.451 e. The molecule has 136 valence electrons. The number of imidazole rings is 1. The first-order valence-electron chi connectivity index (χ1n) is 8.57. The zero-order valence-corrected chi connectivity index (χ0v) is 14.9. The number of aromatic nitrogens is 2. The monoisotopic (exact) mass is 363 g/mol. The molecular formula is C21H18FN3O2. The van der Waals surface area contributed by atoms with Crippen LogP contribution in [0, 0.1) is 12.7 Å². The van der Waals surface area contributed by atoms with E-state index in [1.807, 2.05) is 31.2 Å². The molecule has 0 unspecified atom stereocenters. The van der Waals surface area contributed by atoms with Gasteiger partial charge in [0, 0.05) is 36.0 Å². The maximum Gasteiger partial charge on any atom is 0.288 e. The second-order valence-electron chi connectivity index (χ2n) is 6.38. The molecule has 6 heteroatoms. The molecule has 0 saturated heterocycles. The summed E-state index contributed by atoms with van der Waals surface area (Å²) in [7, 11) is 1.80. The minimum absolute atomic E-state index is 0.215. The summed E-state index contributed by atoms with van der Waals surface area (Å²) in [5.41, 5.74) is 1.73. The Morgan fingerprint density at radius 3 is 2.63 bits per heavy atom. The number of furan rings is 1. The maximum absolute atomic E-state index is 14.5. The minimum Gasteiger partial charge on any atom is -0.451 e. The molecule has 0 bridgehead atoms. The fraction of sp³-hybridized carbons (Fsp3) is 0.143. The number of hydrogen-bond acceptors (Lipinski definition) is 3. The van der Waals surface area contributed by atoms with Crippen molar-refractivity contribution in [1.82, 2.24) is 14.9 Å². The van der Waals surface area contributed by atoms with Gasteiger partial charge in [-0.25, -0.2) is 9.37 Å². The summed E-state index contributed by atoms with van der Waals surface area (Å²) in [6.07, 6.45) is 3.36. The van der Waals surface area contributed by atoms with Crippen LogP contribution in [0.4, 0.5) is 4.39 Å². The number of benzene rings is 2. The molecule has 0 aliphatic rings. The third-order valence-corrected chi connectivity index (χ3v) is 4.66. The minimum atomic E-state index is -0.744. The lowest BCUT2D eigenvalue weighted by Gasteiger charge is -2.19. The zero-order chi connectivity index (χ0) is 19.0. The van der Waals surface area contributed by atoms with Crippen LogP contribution in [0.1, 0.15) is 33.5 Å². The number of halogens is 1. The van der Waals surface area contributed by atoms with Crippen LogP contribution in [0.3, 0.4) is 0 Å². The number of nitrogens with one attached hydrogen (secondary N) is 1. The second kappa shape index (κ2) is 6.72. The fourth-order valence-electron chi connectivity index (χ4n) is 3.23. The van der Waals surface area contributed by atoms with E-state index >= 15 is 0 Å². The fourth-order valence-corrected chi connectivity index (χ4v) is 3.23. The summed E-state index contributed by atoms with van der Waals surface area (Å²) in [4.78, 5) is 17.3. The molecule has 0 fully saturated rings. The average molecular weight is 363 g/mol. The molecule has 0 saturated carbocycles. The van der Waals surface area contributed by atoms with Gasteiger partial charge in [0.15, 0.2) is 5.76 Å². The lowest BCUT2D eigenvalue weighted by Crippen LogP contribution is -2.31. The van der Waals surface area contributed by atoms with Crippen molar-refractivity contribution in [2.24, 2.45) is 7.05 Å². The highest BCUT2D eigenvalue weighted by Gasteiger charge is 2.26. The number of aryl methyl sites for hydroxylation is 2. The lowest BCUT2D eigenvalue weighted by molar-refractivity contribution is 0.0914. The van der Waals surface area contributed by atoms with Crippen LogP contribution in [0.15, 0.2) is 65.3 Å². The first kappa shape index (κ1) is 17.0. The zero-order valence-electron chi connectivity index (χ0n) is 14.9. The van der Waals surface area contributed by atoms with Crippen molar-refractivity contribution in [2.75, 3.05) is 0 Å². The highest BCUT2D eigenvalue weighted by molar-refractivity contribution is 5.99. The van der Waals surface area contributed by atoms with Crippen molar-refractivity contribution in [3.05, 3.63) is 89.5 Å². The van der Waals surface area contributed by atoms with Gasteiger partial charge in [-0.15, -0.1) is 0 Å². The third-order valence-electron chi connectivity index (χ3n) is 4.66. The Hall–Kier alpha value is -3.41. The molecule has 2 heterocycles. The quantitative estimate of drug-likeness (QED) is 0.593. The Kier molecular flexibility index (Phi) is 4.24. The Bertz CT molecular complexity index is 1130. The Morgan fingerprint density at radius 1 is 1.19 bits per heavy atom. The number of rotatable bonds is 4. The first-order valence-corrected chi connectivity index (χ1v) is 8.57. The summed E-state index contributed by atoms with van der Waals surface area (Å²) < 4.78 is 21.9. The lowest BCUT2D eigenvalue weighted by atomic mass is 10.0. The van der Waals surface area contributed by atoms with Gasteiger partial charge in [0.05, 0.1) is 0 Å². The Labute approximate surface area is 155 Å². The van der Waals surface area contributed by atoms with Crippen LogP contribution >= 0.6 is 0 Å². The van der Waals surface area contributed by atoms with Crippen molar-refractivity contribution >= 4 is 16.9 Å². The highest BCUT2D eigenvalue weighted by Crippen LogP contribution is 2.27. The van der Waals surface area contributed by atoms with Gasteiger partial charge in [0.2, 0.25) is 0 Å². The molecule has 0 aliphatic heterocycles. The Morgan fingerprint density at radius 2 is 1.93 bits per heavy atom. The molecule has 1 N–H and O–H groups in total. The highest BCUT2D eigenvalue weighted by atomic mass is 19.1. The summed E-state index contributed by atoms with van der Waals surface area (Å²) in [6, 6.07) is 13.1. The van der Waals surface area contributed by atoms with Crippen molar-refractivity contribution in [1.29, 1.82) is 0 Å². The topological polar surface area (TPSA) is 60.1 Å². The van der Waals surface area contributed by atoms with Crippen LogP contribution in [0.5, 0.6) is 0 Å². The first-order chi connectivity index (χ1) is 13.1. The van der Waals surface area contributed by atoms with Crippen LogP contribution in [0.2, 0.25) is 0 Å². The SMILES string of the molecule is Cc1c(C(=O)N[C@H](c2ccccc2F)c2nccn2C)oc2ccccc12. The van der Waals surface area contributed by atoms with E-state index in [4.69, 9.17) is 4.42 Å². The molecule has 4 rings (SSSR count). The van der Waals surface area contributed by atoms with E-state index in [1.165, 1.54) is 6.07 Å². The molecule has 2 aromatic heterocycles. The molecule has 1 amide bonds. The number of para-hydroxylation sites is 1. The predicted molar refractivity (Wildman–Crippen MR) is 99.9 cm³/mol. The van der Waals surface area contributed by atoms with E-state index in [9.17, 15) is 9.18 Å². The van der Waals surface area contributed by atoms with Crippen LogP contribution in [-0.2, 0) is 7.05 Å². The number of carbonyl (C=O) groups is 1. The van der Waals surface area contributed by atoms with Crippen LogP contribution in [-0.4, -0.2) is 15.5 Å². The smallest absolute Gasteiger partial charge is 0.288 e. The summed E-state index contributed by atoms with van der Waals surface area (Å²) in [6.45, 7) is 1.83. The van der Waals surface area contributed by atoms with Crippen LogP contribution < -0.4 is 5.32 Å². The standard InChI is InChI=1S/C21H18FN3O2/c1-13-14-7-4-6-10-17(14)27-19(13)21(26)24-18(20-23-11-12-25(20)2)15-8-3-5-9-16(15)22/h3-12,18H,1-2H3,(H,24,26)/t18-/m1/s1. The normalized spacial score (nSPS) is 12.3. The van der Waals surface area contributed by atoms with Gasteiger partial charge in [-0.2, -0.15) is 0 Å². The van der Waals surface area contributed by atoms with Gasteiger partial charge in [0.25, 0.3) is 5.91 Å². The van der Waals surface area contributed by atoms with Crippen molar-refractivity contribution in [3.8, 4) is 0 Å². The van der Waals surface area contributed by atoms with Crippen molar-refractivity contribution in [2.45, 2.75) is 13.0 Å². The average Bonchev–Trinajstić information content (AvgIpc) is 3.24. The molecule has 27 heavy (non-hydrogen) atoms. The number of nitrogens with zero attached hydrogens (tertiary/aromatic N) is 2. The number of carbonyl (C=O) groups excluding carboxylic acids is 1. The van der Waals surface area contributed by atoms with Crippen LogP contribution in [0.25, 0.3) is 11.0 Å². The van der Waals surface area contributed by atoms with Crippen molar-refractivity contribution < 1.29 is 13.6 Å². The molecular weight excluding hydrogens is 345 g/mol. The number of fused-ring (bicyclic) bond motifs is 1. The van der Waals surface area contributed by atoms with E-state index in [0.717, 1.165) is 10.9 Å². The Balaban J connectivity index is 1.75. The van der Waals surface area contributed by atoms with E-state index in [1.54, 1.807) is 42.2 Å². The number of amides is 1. The maximum atomic E-state index is 14.5. The third kappa shape index (κ3) is 2.99. The molecule has 0 aliphatic carbocycles. The van der Waals surface area contributed by atoms with E-state index < -0.39 is 17.8 Å². The molecule has 4 aromatic rings. The second-order valence-corrected chi connectivity index (χ2v) is 6.38. The molecule has 2 aromatic carbocycles. The van der Waals surface area contributed by atoms with E-state index in [0.29, 0.717) is 17.0 Å². The van der Waals surface area contributed by atoms with Gasteiger partial charge in [-0.3, -0.25) is 4.79 Å². The number of hydrogen-bond donors (Lipinski definition) is 1. The molecule has 1 atom stereocenters. The summed E-state index contributed by atoms with van der Waals surface area (Å²) in [5, 5.41) is 3.76. The van der Waals surface area contributed by atoms with Gasteiger partial charge >= 0.3 is 0 Å². The van der Waals surface area contributed by atoms with E-state index in [-0.39, 0.29) is 5.76 Å². The molecule has 5 nitrogen and oxygen atoms in total. The summed E-state index contributed by atoms with van der Waals surface area (Å²) in [5.74, 6) is -0.0824. The predicted octanol–water partition coefficient (Wildman–Crippen LogP) is 4.13. The van der Waals surface area contributed by atoms with Gasteiger partial charge < -0.3 is 14.3 Å². The van der Waals surface area contributed by atoms with Gasteiger partial charge in [-0.1, -0.05) is 36.4 Å². The van der Waals surface area contributed by atoms with Gasteiger partial charge in [0.1, 0.15) is 23.3 Å². The van der Waals surface area contributed by atoms with Crippen molar-refractivity contribution in [3.63, 3.8) is 0 Å². The summed E-state index contributed by atoms with van der Waals surface area (Å²) >= 11 is 0.